The van der Waals surface area contributed by atoms with Crippen molar-refractivity contribution in [3.05, 3.63) is 58.8 Å². The third-order valence-electron chi connectivity index (χ3n) is 4.34. The van der Waals surface area contributed by atoms with Gasteiger partial charge in [0.2, 0.25) is 11.8 Å². The van der Waals surface area contributed by atoms with Gasteiger partial charge in [0, 0.05) is 22.4 Å². The lowest BCUT2D eigenvalue weighted by Gasteiger charge is -2.09. The van der Waals surface area contributed by atoms with E-state index in [-0.39, 0.29) is 24.0 Å². The molecule has 0 bridgehead atoms. The van der Waals surface area contributed by atoms with Crippen molar-refractivity contribution in [2.24, 2.45) is 0 Å². The molecule has 168 valence electrons. The Bertz CT molecular complexity index is 1050. The van der Waals surface area contributed by atoms with Gasteiger partial charge in [-0.1, -0.05) is 27.7 Å². The maximum absolute atomic E-state index is 12.5. The summed E-state index contributed by atoms with van der Waals surface area (Å²) in [5.41, 5.74) is 1.41. The van der Waals surface area contributed by atoms with Crippen LogP contribution in [-0.4, -0.2) is 38.9 Å². The first-order valence-electron chi connectivity index (χ1n) is 10.1. The van der Waals surface area contributed by atoms with E-state index in [1.807, 2.05) is 54.8 Å². The van der Waals surface area contributed by atoms with Crippen molar-refractivity contribution in [1.82, 2.24) is 14.8 Å². The number of amides is 2. The summed E-state index contributed by atoms with van der Waals surface area (Å²) >= 11 is 4.65. The predicted octanol–water partition coefficient (Wildman–Crippen LogP) is 4.37. The summed E-state index contributed by atoms with van der Waals surface area (Å²) in [6.07, 6.45) is 0.0830. The molecule has 3 rings (SSSR count). The number of anilines is 2. The number of benzene rings is 2. The van der Waals surface area contributed by atoms with Crippen LogP contribution in [0.5, 0.6) is 5.75 Å². The summed E-state index contributed by atoms with van der Waals surface area (Å²) in [7, 11) is 0. The number of thioether (sulfide) groups is 1. The minimum Gasteiger partial charge on any atom is -0.494 e. The fourth-order valence-electron chi connectivity index (χ4n) is 2.88. The van der Waals surface area contributed by atoms with Crippen LogP contribution in [0.3, 0.4) is 0 Å². The van der Waals surface area contributed by atoms with E-state index in [0.717, 1.165) is 15.9 Å². The molecule has 10 heteroatoms. The smallest absolute Gasteiger partial charge is 0.234 e. The highest BCUT2D eigenvalue weighted by atomic mass is 79.9. The van der Waals surface area contributed by atoms with E-state index < -0.39 is 0 Å². The van der Waals surface area contributed by atoms with Crippen molar-refractivity contribution in [1.29, 1.82) is 0 Å². The fourth-order valence-corrected chi connectivity index (χ4v) is 3.97. The van der Waals surface area contributed by atoms with E-state index in [2.05, 4.69) is 36.8 Å². The molecule has 0 spiro atoms. The van der Waals surface area contributed by atoms with Gasteiger partial charge in [0.1, 0.15) is 11.6 Å². The molecule has 0 aliphatic heterocycles. The van der Waals surface area contributed by atoms with Crippen LogP contribution >= 0.6 is 27.7 Å². The van der Waals surface area contributed by atoms with Crippen LogP contribution in [0.1, 0.15) is 19.7 Å². The fraction of sp³-hybridized carbons (Fsp3) is 0.273. The second kappa shape index (κ2) is 11.7. The molecule has 0 atom stereocenters. The van der Waals surface area contributed by atoms with Gasteiger partial charge >= 0.3 is 0 Å². The zero-order valence-electron chi connectivity index (χ0n) is 17.8. The van der Waals surface area contributed by atoms with Crippen LogP contribution in [0.15, 0.2) is 58.2 Å². The number of hydrogen-bond donors (Lipinski definition) is 2. The molecular weight excluding hydrogens is 494 g/mol. The number of aromatic nitrogens is 3. The Morgan fingerprint density at radius 3 is 2.22 bits per heavy atom. The number of carbonyl (C=O) groups is 2. The van der Waals surface area contributed by atoms with Gasteiger partial charge in [-0.25, -0.2) is 0 Å². The van der Waals surface area contributed by atoms with Crippen LogP contribution in [0.2, 0.25) is 0 Å². The first kappa shape index (κ1) is 23.8. The summed E-state index contributed by atoms with van der Waals surface area (Å²) in [4.78, 5) is 24.7. The van der Waals surface area contributed by atoms with E-state index in [1.165, 1.54) is 11.8 Å². The SMILES string of the molecule is CCOc1ccc(NC(=O)Cc2nnc(SCC(=O)Nc3ccc(Br)cc3)n2CC)cc1. The molecule has 0 saturated heterocycles. The molecule has 8 nitrogen and oxygen atoms in total. The highest BCUT2D eigenvalue weighted by Crippen LogP contribution is 2.20. The van der Waals surface area contributed by atoms with E-state index in [0.29, 0.717) is 29.8 Å². The number of ether oxygens (including phenoxy) is 1. The first-order valence-corrected chi connectivity index (χ1v) is 11.9. The van der Waals surface area contributed by atoms with Gasteiger partial charge in [-0.05, 0) is 62.4 Å². The maximum Gasteiger partial charge on any atom is 0.234 e. The van der Waals surface area contributed by atoms with Crippen LogP contribution in [0.25, 0.3) is 0 Å². The van der Waals surface area contributed by atoms with Crippen LogP contribution in [-0.2, 0) is 22.6 Å². The third-order valence-corrected chi connectivity index (χ3v) is 5.83. The molecule has 1 aromatic heterocycles. The average molecular weight is 518 g/mol. The Morgan fingerprint density at radius 2 is 1.59 bits per heavy atom. The van der Waals surface area contributed by atoms with Gasteiger partial charge < -0.3 is 19.9 Å². The van der Waals surface area contributed by atoms with Crippen molar-refractivity contribution in [2.75, 3.05) is 23.0 Å². The summed E-state index contributed by atoms with van der Waals surface area (Å²) in [5, 5.41) is 14.6. The summed E-state index contributed by atoms with van der Waals surface area (Å²) in [6.45, 7) is 5.05. The monoisotopic (exact) mass is 517 g/mol. The molecule has 0 fully saturated rings. The zero-order chi connectivity index (χ0) is 22.9. The predicted molar refractivity (Wildman–Crippen MR) is 129 cm³/mol. The largest absolute Gasteiger partial charge is 0.494 e. The Kier molecular flexibility index (Phi) is 8.69. The third kappa shape index (κ3) is 6.83. The van der Waals surface area contributed by atoms with Gasteiger partial charge in [-0.3, -0.25) is 9.59 Å². The average Bonchev–Trinajstić information content (AvgIpc) is 3.16. The van der Waals surface area contributed by atoms with E-state index in [4.69, 9.17) is 4.74 Å². The van der Waals surface area contributed by atoms with Crippen molar-refractivity contribution in [3.8, 4) is 5.75 Å². The maximum atomic E-state index is 12.5. The molecule has 0 aliphatic rings. The molecule has 0 aliphatic carbocycles. The summed E-state index contributed by atoms with van der Waals surface area (Å²) in [5.74, 6) is 1.15. The lowest BCUT2D eigenvalue weighted by molar-refractivity contribution is -0.116. The Labute approximate surface area is 199 Å². The van der Waals surface area contributed by atoms with Crippen molar-refractivity contribution >= 4 is 50.9 Å². The van der Waals surface area contributed by atoms with Gasteiger partial charge in [0.15, 0.2) is 5.16 Å². The highest BCUT2D eigenvalue weighted by Gasteiger charge is 2.16. The standard InChI is InChI=1S/C22H24BrN5O3S/c1-3-28-19(13-20(29)24-17-9-11-18(12-10-17)31-4-2)26-27-22(28)32-14-21(30)25-16-7-5-15(23)6-8-16/h5-12H,3-4,13-14H2,1-2H3,(H,24,29)(H,25,30). The van der Waals surface area contributed by atoms with Gasteiger partial charge in [-0.15, -0.1) is 10.2 Å². The molecular formula is C22H24BrN5O3S. The van der Waals surface area contributed by atoms with Crippen molar-refractivity contribution in [3.63, 3.8) is 0 Å². The van der Waals surface area contributed by atoms with Crippen molar-refractivity contribution in [2.45, 2.75) is 32.0 Å². The molecule has 0 unspecified atom stereocenters. The lowest BCUT2D eigenvalue weighted by Crippen LogP contribution is -2.18. The Morgan fingerprint density at radius 1 is 0.969 bits per heavy atom. The number of rotatable bonds is 10. The van der Waals surface area contributed by atoms with E-state index >= 15 is 0 Å². The van der Waals surface area contributed by atoms with Gasteiger partial charge in [-0.2, -0.15) is 0 Å². The van der Waals surface area contributed by atoms with Crippen molar-refractivity contribution < 1.29 is 14.3 Å². The molecule has 2 N–H and O–H groups in total. The second-order valence-electron chi connectivity index (χ2n) is 6.67. The lowest BCUT2D eigenvalue weighted by atomic mass is 10.3. The molecule has 1 heterocycles. The number of carbonyl (C=O) groups excluding carboxylic acids is 2. The van der Waals surface area contributed by atoms with Gasteiger partial charge in [0.05, 0.1) is 18.8 Å². The highest BCUT2D eigenvalue weighted by molar-refractivity contribution is 9.10. The molecule has 2 amide bonds. The Balaban J connectivity index is 1.54. The van der Waals surface area contributed by atoms with Crippen LogP contribution in [0.4, 0.5) is 11.4 Å². The van der Waals surface area contributed by atoms with E-state index in [9.17, 15) is 9.59 Å². The number of hydrogen-bond acceptors (Lipinski definition) is 6. The zero-order valence-corrected chi connectivity index (χ0v) is 20.2. The summed E-state index contributed by atoms with van der Waals surface area (Å²) in [6, 6.07) is 14.6. The topological polar surface area (TPSA) is 98.1 Å². The second-order valence-corrected chi connectivity index (χ2v) is 8.53. The van der Waals surface area contributed by atoms with Crippen LogP contribution < -0.4 is 15.4 Å². The number of nitrogens with zero attached hydrogens (tertiary/aromatic N) is 3. The number of halogens is 1. The minimum absolute atomic E-state index is 0.0830. The molecule has 0 saturated carbocycles. The summed E-state index contributed by atoms with van der Waals surface area (Å²) < 4.78 is 8.19. The van der Waals surface area contributed by atoms with E-state index in [1.54, 1.807) is 12.1 Å². The van der Waals surface area contributed by atoms with Crippen LogP contribution in [0, 0.1) is 0 Å². The molecule has 32 heavy (non-hydrogen) atoms. The van der Waals surface area contributed by atoms with Gasteiger partial charge in [0.25, 0.3) is 0 Å². The minimum atomic E-state index is -0.194. The first-order chi connectivity index (χ1) is 15.5. The number of nitrogens with one attached hydrogen (secondary N) is 2. The molecule has 2 aromatic carbocycles. The normalized spacial score (nSPS) is 10.6. The quantitative estimate of drug-likeness (QED) is 0.387. The molecule has 3 aromatic rings. The Hall–Kier alpha value is -2.85. The molecule has 0 radical (unpaired) electrons.